The highest BCUT2D eigenvalue weighted by Gasteiger charge is 2.44. The Bertz CT molecular complexity index is 1400. The van der Waals surface area contributed by atoms with Gasteiger partial charge in [0.05, 0.1) is 25.4 Å². The molecule has 0 aliphatic carbocycles. The molecular formula is C60H103NO8. The highest BCUT2D eigenvalue weighted by molar-refractivity contribution is 5.76. The summed E-state index contributed by atoms with van der Waals surface area (Å²) in [6.45, 7) is 3.59. The molecule has 1 rings (SSSR count). The third-order valence-corrected chi connectivity index (χ3v) is 12.7. The lowest BCUT2D eigenvalue weighted by molar-refractivity contribution is -0.302. The largest absolute Gasteiger partial charge is 0.394 e. The number of hydrogen-bond acceptors (Lipinski definition) is 8. The van der Waals surface area contributed by atoms with Crippen LogP contribution in [-0.2, 0) is 14.3 Å². The highest BCUT2D eigenvalue weighted by atomic mass is 16.7. The Kier molecular flexibility index (Phi) is 45.3. The van der Waals surface area contributed by atoms with Gasteiger partial charge < -0.3 is 40.3 Å². The minimum absolute atomic E-state index is 0.184. The summed E-state index contributed by atoms with van der Waals surface area (Å²) in [5.74, 6) is -0.184. The summed E-state index contributed by atoms with van der Waals surface area (Å²) in [6, 6.07) is -0.805. The Hall–Kier alpha value is -2.89. The van der Waals surface area contributed by atoms with Crippen molar-refractivity contribution in [1.82, 2.24) is 5.32 Å². The van der Waals surface area contributed by atoms with Gasteiger partial charge in [0.15, 0.2) is 6.29 Å². The van der Waals surface area contributed by atoms with Crippen LogP contribution in [0.2, 0.25) is 0 Å². The zero-order valence-corrected chi connectivity index (χ0v) is 43.8. The Labute approximate surface area is 422 Å². The van der Waals surface area contributed by atoms with E-state index in [1.54, 1.807) is 6.08 Å². The van der Waals surface area contributed by atoms with E-state index in [0.29, 0.717) is 6.42 Å². The molecule has 0 radical (unpaired) electrons. The number of ether oxygens (including phenoxy) is 2. The van der Waals surface area contributed by atoms with Crippen LogP contribution in [0.3, 0.4) is 0 Å². The fourth-order valence-corrected chi connectivity index (χ4v) is 8.25. The van der Waals surface area contributed by atoms with Gasteiger partial charge >= 0.3 is 0 Å². The zero-order chi connectivity index (χ0) is 50.1. The molecule has 1 aliphatic heterocycles. The molecule has 9 nitrogen and oxygen atoms in total. The summed E-state index contributed by atoms with van der Waals surface area (Å²) in [5, 5.41) is 54.0. The van der Waals surface area contributed by atoms with Crippen molar-refractivity contribution in [3.63, 3.8) is 0 Å². The first-order valence-corrected chi connectivity index (χ1v) is 28.0. The lowest BCUT2D eigenvalue weighted by atomic mass is 9.99. The van der Waals surface area contributed by atoms with Crippen LogP contribution in [-0.4, -0.2) is 87.5 Å². The molecule has 1 saturated heterocycles. The van der Waals surface area contributed by atoms with Crippen LogP contribution in [0.15, 0.2) is 97.2 Å². The molecule has 1 amide bonds. The molecule has 69 heavy (non-hydrogen) atoms. The van der Waals surface area contributed by atoms with Crippen LogP contribution < -0.4 is 5.32 Å². The van der Waals surface area contributed by atoms with Gasteiger partial charge in [0, 0.05) is 6.42 Å². The number of allylic oxidation sites excluding steroid dienone is 15. The summed E-state index contributed by atoms with van der Waals surface area (Å²) >= 11 is 0. The molecule has 0 aromatic rings. The molecule has 0 aromatic carbocycles. The number of aliphatic hydroxyl groups excluding tert-OH is 5. The summed E-state index contributed by atoms with van der Waals surface area (Å²) in [7, 11) is 0. The van der Waals surface area contributed by atoms with E-state index in [-0.39, 0.29) is 12.5 Å². The van der Waals surface area contributed by atoms with Crippen molar-refractivity contribution in [1.29, 1.82) is 0 Å². The van der Waals surface area contributed by atoms with Crippen LogP contribution in [0.1, 0.15) is 219 Å². The first-order chi connectivity index (χ1) is 33.8. The number of amides is 1. The number of rotatable bonds is 46. The van der Waals surface area contributed by atoms with E-state index in [0.717, 1.165) is 83.5 Å². The van der Waals surface area contributed by atoms with Crippen LogP contribution in [0, 0.1) is 0 Å². The minimum atomic E-state index is -1.57. The molecule has 1 heterocycles. The average molecular weight is 966 g/mol. The lowest BCUT2D eigenvalue weighted by Gasteiger charge is -2.40. The first kappa shape index (κ1) is 64.1. The number of unbranched alkanes of at least 4 members (excludes halogenated alkanes) is 22. The fraction of sp³-hybridized carbons (Fsp3) is 0.717. The van der Waals surface area contributed by atoms with E-state index in [4.69, 9.17) is 9.47 Å². The van der Waals surface area contributed by atoms with E-state index in [2.05, 4.69) is 104 Å². The van der Waals surface area contributed by atoms with Crippen LogP contribution in [0.5, 0.6) is 0 Å². The summed E-state index contributed by atoms with van der Waals surface area (Å²) < 4.78 is 11.2. The Morgan fingerprint density at radius 3 is 1.33 bits per heavy atom. The predicted octanol–water partition coefficient (Wildman–Crippen LogP) is 13.6. The maximum absolute atomic E-state index is 12.9. The fourth-order valence-electron chi connectivity index (χ4n) is 8.25. The van der Waals surface area contributed by atoms with Gasteiger partial charge in [-0.05, 0) is 77.0 Å². The molecule has 6 N–H and O–H groups in total. The Balaban J connectivity index is 2.02. The van der Waals surface area contributed by atoms with Gasteiger partial charge in [0.25, 0.3) is 0 Å². The molecule has 1 fully saturated rings. The molecule has 0 aromatic heterocycles. The number of hydrogen-bond donors (Lipinski definition) is 6. The quantitative estimate of drug-likeness (QED) is 0.0261. The second-order valence-electron chi connectivity index (χ2n) is 19.0. The van der Waals surface area contributed by atoms with Gasteiger partial charge in [0.2, 0.25) is 5.91 Å². The minimum Gasteiger partial charge on any atom is -0.394 e. The van der Waals surface area contributed by atoms with E-state index in [9.17, 15) is 30.3 Å². The van der Waals surface area contributed by atoms with Gasteiger partial charge in [-0.15, -0.1) is 0 Å². The number of carbonyl (C=O) groups is 1. The van der Waals surface area contributed by atoms with Crippen LogP contribution in [0.4, 0.5) is 0 Å². The van der Waals surface area contributed by atoms with Gasteiger partial charge in [-0.2, -0.15) is 0 Å². The Morgan fingerprint density at radius 1 is 0.507 bits per heavy atom. The maximum Gasteiger partial charge on any atom is 0.220 e. The van der Waals surface area contributed by atoms with Gasteiger partial charge in [0.1, 0.15) is 24.4 Å². The Morgan fingerprint density at radius 2 is 0.899 bits per heavy atom. The first-order valence-electron chi connectivity index (χ1n) is 28.0. The van der Waals surface area contributed by atoms with Gasteiger partial charge in [-0.3, -0.25) is 4.79 Å². The van der Waals surface area contributed by atoms with Crippen molar-refractivity contribution < 1.29 is 39.8 Å². The zero-order valence-electron chi connectivity index (χ0n) is 43.8. The molecule has 0 saturated carbocycles. The van der Waals surface area contributed by atoms with Crippen LogP contribution in [0.25, 0.3) is 0 Å². The summed E-state index contributed by atoms with van der Waals surface area (Å²) in [4.78, 5) is 12.9. The average Bonchev–Trinajstić information content (AvgIpc) is 3.35. The van der Waals surface area contributed by atoms with Gasteiger partial charge in [-0.25, -0.2) is 0 Å². The van der Waals surface area contributed by atoms with Crippen LogP contribution >= 0.6 is 0 Å². The second-order valence-corrected chi connectivity index (χ2v) is 19.0. The third-order valence-electron chi connectivity index (χ3n) is 12.7. The summed E-state index contributed by atoms with van der Waals surface area (Å²) in [6.07, 6.45) is 63.8. The van der Waals surface area contributed by atoms with Crippen molar-refractivity contribution in [3.05, 3.63) is 97.2 Å². The van der Waals surface area contributed by atoms with Crippen molar-refractivity contribution in [2.75, 3.05) is 13.2 Å². The smallest absolute Gasteiger partial charge is 0.220 e. The van der Waals surface area contributed by atoms with E-state index in [1.807, 2.05) is 6.08 Å². The van der Waals surface area contributed by atoms with E-state index in [1.165, 1.54) is 116 Å². The standard InChI is InChI=1S/C60H103NO8/c1-3-5-7-9-11-12-13-14-15-16-17-18-19-20-21-22-23-24-25-26-27-28-29-30-31-32-33-34-35-36-37-38-39-40-41-42-44-46-48-50-56(64)61-53(54(63)49-47-45-43-10-8-6-4-2)52-68-60-59(67)58(66)57(65)55(51-62)69-60/h5,7,11-12,14-15,17-18,20-21,23-24,26-27,47,49,53-55,57-60,62-63,65-67H,3-4,6,8-10,13,16,19,22,25,28-46,48,50-52H2,1-2H3,(H,61,64)/b7-5-,12-11-,15-14-,18-17-,21-20-,24-23-,27-26-,49-47+. The topological polar surface area (TPSA) is 149 Å². The van der Waals surface area contributed by atoms with Crippen molar-refractivity contribution in [3.8, 4) is 0 Å². The molecule has 396 valence electrons. The normalized spacial score (nSPS) is 20.2. The lowest BCUT2D eigenvalue weighted by Crippen LogP contribution is -2.60. The second kappa shape index (κ2) is 48.7. The molecule has 7 unspecified atom stereocenters. The van der Waals surface area contributed by atoms with Crippen molar-refractivity contribution >= 4 is 5.91 Å². The maximum atomic E-state index is 12.9. The van der Waals surface area contributed by atoms with E-state index >= 15 is 0 Å². The highest BCUT2D eigenvalue weighted by Crippen LogP contribution is 2.23. The third kappa shape index (κ3) is 38.5. The number of carbonyl (C=O) groups excluding carboxylic acids is 1. The van der Waals surface area contributed by atoms with Gasteiger partial charge in [-0.1, -0.05) is 233 Å². The molecule has 0 spiro atoms. The van der Waals surface area contributed by atoms with Crippen molar-refractivity contribution in [2.24, 2.45) is 0 Å². The van der Waals surface area contributed by atoms with E-state index < -0.39 is 49.5 Å². The molecule has 9 heteroatoms. The number of nitrogens with one attached hydrogen (secondary N) is 1. The summed E-state index contributed by atoms with van der Waals surface area (Å²) in [5.41, 5.74) is 0. The molecule has 0 bridgehead atoms. The molecular weight excluding hydrogens is 863 g/mol. The SMILES string of the molecule is CC/C=C\C/C=C\C/C=C\C/C=C\C/C=C\C/C=C\C/C=C\CCCCCCCCCCCCCCCCCCCC(=O)NC(COC1OC(CO)C(O)C(O)C1O)C(O)/C=C/CCCCCCC. The predicted molar refractivity (Wildman–Crippen MR) is 290 cm³/mol. The van der Waals surface area contributed by atoms with Crippen molar-refractivity contribution in [2.45, 2.75) is 262 Å². The molecule has 7 atom stereocenters. The number of aliphatic hydroxyl groups is 5. The monoisotopic (exact) mass is 966 g/mol. The molecule has 1 aliphatic rings.